The van der Waals surface area contributed by atoms with Gasteiger partial charge in [0.05, 0.1) is 15.3 Å². The number of hydrogen-bond donors (Lipinski definition) is 1. The highest BCUT2D eigenvalue weighted by Crippen LogP contribution is 2.34. The van der Waals surface area contributed by atoms with Crippen molar-refractivity contribution >= 4 is 43.3 Å². The molecule has 0 saturated carbocycles. The van der Waals surface area contributed by atoms with Crippen molar-refractivity contribution in [3.8, 4) is 5.75 Å². The SMILES string of the molecule is C[C@H](Br)C(=O)c1cc(Br)cc([N+](=O)[O-])c1O. The maximum absolute atomic E-state index is 11.6. The summed E-state index contributed by atoms with van der Waals surface area (Å²) in [7, 11) is 0. The molecule has 0 aliphatic carbocycles. The van der Waals surface area contributed by atoms with E-state index in [1.165, 1.54) is 6.07 Å². The molecule has 16 heavy (non-hydrogen) atoms. The Morgan fingerprint density at radius 3 is 2.56 bits per heavy atom. The predicted molar refractivity (Wildman–Crippen MR) is 65.2 cm³/mol. The minimum atomic E-state index is -0.740. The lowest BCUT2D eigenvalue weighted by Gasteiger charge is -2.06. The van der Waals surface area contributed by atoms with Crippen LogP contribution in [-0.4, -0.2) is 20.6 Å². The number of Topliss-reactive ketones (excluding diaryl/α,β-unsaturated/α-hetero) is 1. The van der Waals surface area contributed by atoms with E-state index in [1.54, 1.807) is 6.92 Å². The molecular formula is C9H7Br2NO4. The molecular weight excluding hydrogens is 346 g/mol. The van der Waals surface area contributed by atoms with Crippen molar-refractivity contribution in [1.82, 2.24) is 0 Å². The van der Waals surface area contributed by atoms with E-state index in [4.69, 9.17) is 0 Å². The molecule has 0 unspecified atom stereocenters. The first-order valence-corrected chi connectivity index (χ1v) is 5.90. The van der Waals surface area contributed by atoms with Crippen molar-refractivity contribution in [1.29, 1.82) is 0 Å². The number of phenolic OH excluding ortho intramolecular Hbond substituents is 1. The lowest BCUT2D eigenvalue weighted by Crippen LogP contribution is -2.10. The minimum Gasteiger partial charge on any atom is -0.502 e. The number of rotatable bonds is 3. The Bertz CT molecular complexity index is 459. The molecule has 0 aliphatic heterocycles. The van der Waals surface area contributed by atoms with Gasteiger partial charge in [0.1, 0.15) is 0 Å². The summed E-state index contributed by atoms with van der Waals surface area (Å²) in [4.78, 5) is 21.0. The Labute approximate surface area is 108 Å². The Kier molecular flexibility index (Phi) is 4.03. The molecule has 1 atom stereocenters. The van der Waals surface area contributed by atoms with E-state index in [-0.39, 0.29) is 5.56 Å². The summed E-state index contributed by atoms with van der Waals surface area (Å²) in [6.45, 7) is 1.58. The average Bonchev–Trinajstić information content (AvgIpc) is 2.19. The van der Waals surface area contributed by atoms with Gasteiger partial charge in [0.25, 0.3) is 0 Å². The van der Waals surface area contributed by atoms with E-state index in [2.05, 4.69) is 31.9 Å². The molecule has 1 aromatic carbocycles. The van der Waals surface area contributed by atoms with E-state index >= 15 is 0 Å². The van der Waals surface area contributed by atoms with Crippen LogP contribution in [0, 0.1) is 10.1 Å². The fourth-order valence-electron chi connectivity index (χ4n) is 1.13. The van der Waals surface area contributed by atoms with Gasteiger partial charge in [0.15, 0.2) is 5.78 Å². The summed E-state index contributed by atoms with van der Waals surface area (Å²) in [5, 5.41) is 20.2. The lowest BCUT2D eigenvalue weighted by atomic mass is 10.1. The number of nitro benzene ring substituents is 1. The highest BCUT2D eigenvalue weighted by Gasteiger charge is 2.24. The van der Waals surface area contributed by atoms with E-state index in [0.29, 0.717) is 4.47 Å². The Balaban J connectivity index is 3.41. The van der Waals surface area contributed by atoms with Gasteiger partial charge in [0.2, 0.25) is 5.75 Å². The van der Waals surface area contributed by atoms with Crippen LogP contribution in [0.2, 0.25) is 0 Å². The second kappa shape index (κ2) is 4.92. The predicted octanol–water partition coefficient (Wildman–Crippen LogP) is 3.03. The van der Waals surface area contributed by atoms with E-state index in [0.717, 1.165) is 6.07 Å². The molecule has 0 heterocycles. The molecule has 0 fully saturated rings. The number of nitrogens with zero attached hydrogens (tertiary/aromatic N) is 1. The van der Waals surface area contributed by atoms with Gasteiger partial charge in [-0.25, -0.2) is 0 Å². The highest BCUT2D eigenvalue weighted by atomic mass is 79.9. The van der Waals surface area contributed by atoms with Gasteiger partial charge in [-0.3, -0.25) is 14.9 Å². The zero-order valence-electron chi connectivity index (χ0n) is 8.11. The molecule has 0 aromatic heterocycles. The van der Waals surface area contributed by atoms with Crippen LogP contribution in [0.5, 0.6) is 5.75 Å². The number of carbonyl (C=O) groups excluding carboxylic acids is 1. The zero-order chi connectivity index (χ0) is 12.5. The molecule has 1 aromatic rings. The Morgan fingerprint density at radius 1 is 1.56 bits per heavy atom. The highest BCUT2D eigenvalue weighted by molar-refractivity contribution is 9.10. The molecule has 0 radical (unpaired) electrons. The fraction of sp³-hybridized carbons (Fsp3) is 0.222. The number of ketones is 1. The molecule has 5 nitrogen and oxygen atoms in total. The third kappa shape index (κ3) is 2.59. The maximum atomic E-state index is 11.6. The number of alkyl halides is 1. The number of benzene rings is 1. The largest absolute Gasteiger partial charge is 0.502 e. The molecule has 1 rings (SSSR count). The molecule has 0 aliphatic rings. The summed E-state index contributed by atoms with van der Waals surface area (Å²) in [6.07, 6.45) is 0. The van der Waals surface area contributed by atoms with Crippen LogP contribution < -0.4 is 0 Å². The van der Waals surface area contributed by atoms with Gasteiger partial charge < -0.3 is 5.11 Å². The summed E-state index contributed by atoms with van der Waals surface area (Å²) in [6, 6.07) is 2.49. The molecule has 0 saturated heterocycles. The van der Waals surface area contributed by atoms with Gasteiger partial charge in [-0.15, -0.1) is 0 Å². The van der Waals surface area contributed by atoms with Crippen LogP contribution in [0.25, 0.3) is 0 Å². The number of carbonyl (C=O) groups is 1. The van der Waals surface area contributed by atoms with Crippen LogP contribution in [0.1, 0.15) is 17.3 Å². The second-order valence-corrected chi connectivity index (χ2v) is 5.35. The normalized spacial score (nSPS) is 12.2. The van der Waals surface area contributed by atoms with Crippen LogP contribution >= 0.6 is 31.9 Å². The Morgan fingerprint density at radius 2 is 2.12 bits per heavy atom. The topological polar surface area (TPSA) is 80.4 Å². The quantitative estimate of drug-likeness (QED) is 0.392. The van der Waals surface area contributed by atoms with Crippen molar-refractivity contribution in [2.75, 3.05) is 0 Å². The summed E-state index contributed by atoms with van der Waals surface area (Å²) in [5.41, 5.74) is -0.573. The number of aromatic hydroxyl groups is 1. The van der Waals surface area contributed by atoms with Crippen LogP contribution in [0.3, 0.4) is 0 Å². The van der Waals surface area contributed by atoms with Gasteiger partial charge in [-0.2, -0.15) is 0 Å². The third-order valence-corrected chi connectivity index (χ3v) is 2.75. The maximum Gasteiger partial charge on any atom is 0.312 e. The standard InChI is InChI=1S/C9H7Br2NO4/c1-4(10)8(13)6-2-5(11)3-7(9(6)14)12(15)16/h2-4,14H,1H3/t4-/m0/s1. The monoisotopic (exact) mass is 351 g/mol. The van der Waals surface area contributed by atoms with Gasteiger partial charge in [-0.05, 0) is 13.0 Å². The van der Waals surface area contributed by atoms with Crippen LogP contribution in [0.4, 0.5) is 5.69 Å². The molecule has 7 heteroatoms. The van der Waals surface area contributed by atoms with E-state index in [9.17, 15) is 20.0 Å². The van der Waals surface area contributed by atoms with Gasteiger partial charge in [0, 0.05) is 10.5 Å². The minimum absolute atomic E-state index is 0.0783. The van der Waals surface area contributed by atoms with Crippen LogP contribution in [-0.2, 0) is 0 Å². The van der Waals surface area contributed by atoms with Crippen molar-refractivity contribution in [3.05, 3.63) is 32.3 Å². The van der Waals surface area contributed by atoms with Crippen LogP contribution in [0.15, 0.2) is 16.6 Å². The number of phenols is 1. The molecule has 0 bridgehead atoms. The molecule has 0 amide bonds. The van der Waals surface area contributed by atoms with Crippen molar-refractivity contribution in [3.63, 3.8) is 0 Å². The summed E-state index contributed by atoms with van der Waals surface area (Å²) < 4.78 is 0.369. The fourth-order valence-corrected chi connectivity index (χ4v) is 1.82. The molecule has 1 N–H and O–H groups in total. The first-order chi connectivity index (χ1) is 7.34. The smallest absolute Gasteiger partial charge is 0.312 e. The summed E-state index contributed by atoms with van der Waals surface area (Å²) >= 11 is 6.10. The number of hydrogen-bond acceptors (Lipinski definition) is 4. The van der Waals surface area contributed by atoms with Crippen molar-refractivity contribution in [2.24, 2.45) is 0 Å². The molecule has 86 valence electrons. The second-order valence-electron chi connectivity index (χ2n) is 3.06. The number of nitro groups is 1. The first kappa shape index (κ1) is 13.1. The first-order valence-electron chi connectivity index (χ1n) is 4.19. The molecule has 0 spiro atoms. The van der Waals surface area contributed by atoms with Gasteiger partial charge in [-0.1, -0.05) is 31.9 Å². The summed E-state index contributed by atoms with van der Waals surface area (Å²) in [5.74, 6) is -1.02. The zero-order valence-corrected chi connectivity index (χ0v) is 11.3. The van der Waals surface area contributed by atoms with Crippen molar-refractivity contribution in [2.45, 2.75) is 11.8 Å². The van der Waals surface area contributed by atoms with Crippen molar-refractivity contribution < 1.29 is 14.8 Å². The Hall–Kier alpha value is -0.950. The number of halogens is 2. The van der Waals surface area contributed by atoms with E-state index in [1.807, 2.05) is 0 Å². The average molecular weight is 353 g/mol. The lowest BCUT2D eigenvalue weighted by molar-refractivity contribution is -0.386. The third-order valence-electron chi connectivity index (χ3n) is 1.88. The van der Waals surface area contributed by atoms with Gasteiger partial charge >= 0.3 is 5.69 Å². The van der Waals surface area contributed by atoms with E-state index < -0.39 is 27.0 Å².